The summed E-state index contributed by atoms with van der Waals surface area (Å²) >= 11 is 0. The van der Waals surface area contributed by atoms with E-state index in [-0.39, 0.29) is 30.3 Å². The maximum absolute atomic E-state index is 12.8. The SMILES string of the molecule is O=C(CCC(=O)c1ccc(F)cc1)NCc1ccccc1. The zero-order valence-electron chi connectivity index (χ0n) is 11.5. The van der Waals surface area contributed by atoms with Gasteiger partial charge in [-0.05, 0) is 29.8 Å². The molecule has 0 aromatic heterocycles. The normalized spacial score (nSPS) is 10.1. The van der Waals surface area contributed by atoms with Gasteiger partial charge in [0.1, 0.15) is 5.82 Å². The Labute approximate surface area is 122 Å². The lowest BCUT2D eigenvalue weighted by Gasteiger charge is -2.05. The first-order chi connectivity index (χ1) is 10.1. The number of rotatable bonds is 6. The van der Waals surface area contributed by atoms with Crippen molar-refractivity contribution < 1.29 is 14.0 Å². The van der Waals surface area contributed by atoms with Crippen molar-refractivity contribution in [3.63, 3.8) is 0 Å². The molecule has 1 amide bonds. The van der Waals surface area contributed by atoms with Crippen LogP contribution in [0.4, 0.5) is 4.39 Å². The van der Waals surface area contributed by atoms with E-state index in [2.05, 4.69) is 5.32 Å². The number of amides is 1. The highest BCUT2D eigenvalue weighted by Crippen LogP contribution is 2.07. The Bertz CT molecular complexity index is 608. The second-order valence-corrected chi connectivity index (χ2v) is 4.69. The van der Waals surface area contributed by atoms with Gasteiger partial charge in [0.2, 0.25) is 5.91 Å². The van der Waals surface area contributed by atoms with E-state index in [1.807, 2.05) is 30.3 Å². The molecule has 2 aromatic carbocycles. The summed E-state index contributed by atoms with van der Waals surface area (Å²) in [4.78, 5) is 23.5. The first-order valence-electron chi connectivity index (χ1n) is 6.74. The standard InChI is InChI=1S/C17H16FNO2/c18-15-8-6-14(7-9-15)16(20)10-11-17(21)19-12-13-4-2-1-3-5-13/h1-9H,10-12H2,(H,19,21). The average Bonchev–Trinajstić information content (AvgIpc) is 2.52. The number of carbonyl (C=O) groups excluding carboxylic acids is 2. The molecule has 0 spiro atoms. The predicted octanol–water partition coefficient (Wildman–Crippen LogP) is 3.11. The molecule has 0 bridgehead atoms. The Kier molecular flexibility index (Phi) is 5.21. The Morgan fingerprint density at radius 1 is 0.905 bits per heavy atom. The largest absolute Gasteiger partial charge is 0.352 e. The number of hydrogen-bond acceptors (Lipinski definition) is 2. The van der Waals surface area contributed by atoms with Crippen LogP contribution in [0.25, 0.3) is 0 Å². The summed E-state index contributed by atoms with van der Waals surface area (Å²) in [6.45, 7) is 0.449. The summed E-state index contributed by atoms with van der Waals surface area (Å²) in [5, 5.41) is 2.76. The number of carbonyl (C=O) groups is 2. The minimum Gasteiger partial charge on any atom is -0.352 e. The molecular formula is C17H16FNO2. The van der Waals surface area contributed by atoms with Crippen molar-refractivity contribution in [2.24, 2.45) is 0 Å². The van der Waals surface area contributed by atoms with Gasteiger partial charge in [0.25, 0.3) is 0 Å². The van der Waals surface area contributed by atoms with Crippen molar-refractivity contribution in [1.29, 1.82) is 0 Å². The van der Waals surface area contributed by atoms with E-state index >= 15 is 0 Å². The Hall–Kier alpha value is -2.49. The fourth-order valence-electron chi connectivity index (χ4n) is 1.89. The predicted molar refractivity (Wildman–Crippen MR) is 78.3 cm³/mol. The van der Waals surface area contributed by atoms with E-state index in [0.717, 1.165) is 5.56 Å². The smallest absolute Gasteiger partial charge is 0.220 e. The first kappa shape index (κ1) is 14.9. The van der Waals surface area contributed by atoms with E-state index in [9.17, 15) is 14.0 Å². The van der Waals surface area contributed by atoms with Gasteiger partial charge in [-0.3, -0.25) is 9.59 Å². The molecule has 4 heteroatoms. The maximum atomic E-state index is 12.8. The van der Waals surface area contributed by atoms with Gasteiger partial charge in [0.05, 0.1) is 0 Å². The number of Topliss-reactive ketones (excluding diaryl/α,β-unsaturated/α-hetero) is 1. The summed E-state index contributed by atoms with van der Waals surface area (Å²) in [5.74, 6) is -0.716. The lowest BCUT2D eigenvalue weighted by atomic mass is 10.1. The third-order valence-electron chi connectivity index (χ3n) is 3.08. The Balaban J connectivity index is 1.76. The number of ketones is 1. The van der Waals surface area contributed by atoms with Crippen molar-refractivity contribution in [1.82, 2.24) is 5.32 Å². The molecule has 2 aromatic rings. The van der Waals surface area contributed by atoms with E-state index < -0.39 is 0 Å². The summed E-state index contributed by atoms with van der Waals surface area (Å²) < 4.78 is 12.8. The van der Waals surface area contributed by atoms with Crippen LogP contribution in [0, 0.1) is 5.82 Å². The van der Waals surface area contributed by atoms with Crippen molar-refractivity contribution in [3.8, 4) is 0 Å². The fraction of sp³-hybridized carbons (Fsp3) is 0.176. The van der Waals surface area contributed by atoms with Crippen LogP contribution in [0.15, 0.2) is 54.6 Å². The second-order valence-electron chi connectivity index (χ2n) is 4.69. The molecule has 0 aliphatic rings. The molecule has 2 rings (SSSR count). The van der Waals surface area contributed by atoms with Crippen molar-refractivity contribution >= 4 is 11.7 Å². The minimum atomic E-state index is -0.382. The molecule has 21 heavy (non-hydrogen) atoms. The van der Waals surface area contributed by atoms with Gasteiger partial charge < -0.3 is 5.32 Å². The van der Waals surface area contributed by atoms with Crippen molar-refractivity contribution in [2.75, 3.05) is 0 Å². The highest BCUT2D eigenvalue weighted by molar-refractivity contribution is 5.97. The molecular weight excluding hydrogens is 269 g/mol. The van der Waals surface area contributed by atoms with Crippen LogP contribution in [-0.2, 0) is 11.3 Å². The number of nitrogens with one attached hydrogen (secondary N) is 1. The summed E-state index contributed by atoms with van der Waals surface area (Å²) in [6.07, 6.45) is 0.245. The maximum Gasteiger partial charge on any atom is 0.220 e. The van der Waals surface area contributed by atoms with Crippen molar-refractivity contribution in [3.05, 3.63) is 71.5 Å². The number of hydrogen-bond donors (Lipinski definition) is 1. The third-order valence-corrected chi connectivity index (χ3v) is 3.08. The molecule has 0 aliphatic carbocycles. The lowest BCUT2D eigenvalue weighted by Crippen LogP contribution is -2.23. The molecule has 0 heterocycles. The van der Waals surface area contributed by atoms with Gasteiger partial charge in [0.15, 0.2) is 5.78 Å². The van der Waals surface area contributed by atoms with Gasteiger partial charge in [0, 0.05) is 24.9 Å². The van der Waals surface area contributed by atoms with E-state index in [1.54, 1.807) is 0 Å². The van der Waals surface area contributed by atoms with E-state index in [1.165, 1.54) is 24.3 Å². The lowest BCUT2D eigenvalue weighted by molar-refractivity contribution is -0.121. The van der Waals surface area contributed by atoms with Gasteiger partial charge >= 0.3 is 0 Å². The second kappa shape index (κ2) is 7.33. The van der Waals surface area contributed by atoms with Crippen LogP contribution in [0.1, 0.15) is 28.8 Å². The van der Waals surface area contributed by atoms with Gasteiger partial charge in [-0.15, -0.1) is 0 Å². The topological polar surface area (TPSA) is 46.2 Å². The molecule has 108 valence electrons. The molecule has 3 nitrogen and oxygen atoms in total. The molecule has 1 N–H and O–H groups in total. The Morgan fingerprint density at radius 2 is 1.57 bits per heavy atom. The highest BCUT2D eigenvalue weighted by atomic mass is 19.1. The van der Waals surface area contributed by atoms with Crippen LogP contribution in [-0.4, -0.2) is 11.7 Å². The summed E-state index contributed by atoms with van der Waals surface area (Å²) in [5.41, 5.74) is 1.43. The molecule has 0 atom stereocenters. The first-order valence-corrected chi connectivity index (χ1v) is 6.74. The summed E-state index contributed by atoms with van der Waals surface area (Å²) in [6, 6.07) is 14.9. The number of halogens is 1. The molecule has 0 aliphatic heterocycles. The molecule has 0 saturated heterocycles. The van der Waals surface area contributed by atoms with Gasteiger partial charge in [-0.1, -0.05) is 30.3 Å². The number of benzene rings is 2. The average molecular weight is 285 g/mol. The molecule has 0 fully saturated rings. The molecule has 0 unspecified atom stereocenters. The van der Waals surface area contributed by atoms with E-state index in [4.69, 9.17) is 0 Å². The van der Waals surface area contributed by atoms with Crippen LogP contribution < -0.4 is 5.32 Å². The Morgan fingerprint density at radius 3 is 2.24 bits per heavy atom. The molecule has 0 radical (unpaired) electrons. The zero-order chi connectivity index (χ0) is 15.1. The quantitative estimate of drug-likeness (QED) is 0.829. The third kappa shape index (κ3) is 4.84. The van der Waals surface area contributed by atoms with Crippen molar-refractivity contribution in [2.45, 2.75) is 19.4 Å². The molecule has 0 saturated carbocycles. The zero-order valence-corrected chi connectivity index (χ0v) is 11.5. The monoisotopic (exact) mass is 285 g/mol. The minimum absolute atomic E-state index is 0.117. The van der Waals surface area contributed by atoms with Crippen LogP contribution in [0.3, 0.4) is 0 Å². The van der Waals surface area contributed by atoms with Crippen LogP contribution in [0.2, 0.25) is 0 Å². The highest BCUT2D eigenvalue weighted by Gasteiger charge is 2.09. The van der Waals surface area contributed by atoms with E-state index in [0.29, 0.717) is 12.1 Å². The van der Waals surface area contributed by atoms with Crippen LogP contribution in [0.5, 0.6) is 0 Å². The van der Waals surface area contributed by atoms with Gasteiger partial charge in [-0.2, -0.15) is 0 Å². The van der Waals surface area contributed by atoms with Crippen LogP contribution >= 0.6 is 0 Å². The fourth-order valence-corrected chi connectivity index (χ4v) is 1.89. The van der Waals surface area contributed by atoms with Gasteiger partial charge in [-0.25, -0.2) is 4.39 Å². The summed E-state index contributed by atoms with van der Waals surface area (Å²) in [7, 11) is 0.